The third-order valence-electron chi connectivity index (χ3n) is 5.49. The summed E-state index contributed by atoms with van der Waals surface area (Å²) >= 11 is 0. The Morgan fingerprint density at radius 2 is 1.83 bits per heavy atom. The second kappa shape index (κ2) is 9.41. The van der Waals surface area contributed by atoms with Gasteiger partial charge in [0, 0.05) is 38.2 Å². The van der Waals surface area contributed by atoms with E-state index >= 15 is 0 Å². The number of hydrogen-bond donors (Lipinski definition) is 0. The molecule has 0 radical (unpaired) electrons. The predicted molar refractivity (Wildman–Crippen MR) is 112 cm³/mol. The number of nitro benzene ring substituents is 1. The fraction of sp³-hybridized carbons (Fsp3) is 0.409. The van der Waals surface area contributed by atoms with Gasteiger partial charge in [-0.25, -0.2) is 0 Å². The Hall–Kier alpha value is -3.09. The van der Waals surface area contributed by atoms with Crippen molar-refractivity contribution in [2.24, 2.45) is 5.92 Å². The molecule has 2 aromatic rings. The molecule has 1 saturated heterocycles. The van der Waals surface area contributed by atoms with Crippen LogP contribution in [0.5, 0.6) is 5.75 Å². The molecule has 3 rings (SSSR count). The van der Waals surface area contributed by atoms with Gasteiger partial charge in [-0.1, -0.05) is 24.3 Å². The SMILES string of the molecule is CCN(Cc1ccc(OC)cc1)C(=O)C1CCN(c2ccccc2[N+](=O)[O-])CC1. The summed E-state index contributed by atoms with van der Waals surface area (Å²) in [4.78, 5) is 27.9. The fourth-order valence-corrected chi connectivity index (χ4v) is 3.81. The molecule has 0 unspecified atom stereocenters. The second-order valence-corrected chi connectivity index (χ2v) is 7.21. The van der Waals surface area contributed by atoms with E-state index in [1.165, 1.54) is 6.07 Å². The zero-order valence-electron chi connectivity index (χ0n) is 16.9. The zero-order chi connectivity index (χ0) is 20.8. The normalized spacial score (nSPS) is 14.5. The summed E-state index contributed by atoms with van der Waals surface area (Å²) < 4.78 is 5.19. The second-order valence-electron chi connectivity index (χ2n) is 7.21. The molecule has 0 aromatic heterocycles. The first-order valence-electron chi connectivity index (χ1n) is 9.93. The van der Waals surface area contributed by atoms with E-state index in [-0.39, 0.29) is 22.4 Å². The molecule has 154 valence electrons. The van der Waals surface area contributed by atoms with Gasteiger partial charge < -0.3 is 14.5 Å². The molecule has 0 spiro atoms. The Balaban J connectivity index is 1.61. The lowest BCUT2D eigenvalue weighted by atomic mass is 9.94. The van der Waals surface area contributed by atoms with Crippen LogP contribution in [-0.4, -0.2) is 42.5 Å². The molecule has 1 heterocycles. The van der Waals surface area contributed by atoms with Crippen LogP contribution < -0.4 is 9.64 Å². The van der Waals surface area contributed by atoms with Gasteiger partial charge in [0.15, 0.2) is 0 Å². The highest BCUT2D eigenvalue weighted by Crippen LogP contribution is 2.31. The molecular formula is C22H27N3O4. The number of ether oxygens (including phenoxy) is 1. The molecular weight excluding hydrogens is 370 g/mol. The Kier molecular flexibility index (Phi) is 6.69. The number of para-hydroxylation sites is 2. The lowest BCUT2D eigenvalue weighted by Gasteiger charge is -2.35. The summed E-state index contributed by atoms with van der Waals surface area (Å²) in [6.45, 7) is 4.49. The fourth-order valence-electron chi connectivity index (χ4n) is 3.81. The number of benzene rings is 2. The van der Waals surface area contributed by atoms with Crippen LogP contribution >= 0.6 is 0 Å². The monoisotopic (exact) mass is 397 g/mol. The van der Waals surface area contributed by atoms with Crippen molar-refractivity contribution in [3.63, 3.8) is 0 Å². The van der Waals surface area contributed by atoms with Gasteiger partial charge in [-0.05, 0) is 43.5 Å². The van der Waals surface area contributed by atoms with E-state index in [2.05, 4.69) is 0 Å². The molecule has 0 saturated carbocycles. The predicted octanol–water partition coefficient (Wildman–Crippen LogP) is 3.87. The third kappa shape index (κ3) is 4.85. The Morgan fingerprint density at radius 1 is 1.17 bits per heavy atom. The van der Waals surface area contributed by atoms with Crippen LogP contribution in [0.4, 0.5) is 11.4 Å². The van der Waals surface area contributed by atoms with E-state index in [4.69, 9.17) is 4.74 Å². The molecule has 29 heavy (non-hydrogen) atoms. The van der Waals surface area contributed by atoms with Crippen molar-refractivity contribution in [2.75, 3.05) is 31.6 Å². The summed E-state index contributed by atoms with van der Waals surface area (Å²) in [7, 11) is 1.63. The van der Waals surface area contributed by atoms with Crippen molar-refractivity contribution in [3.05, 3.63) is 64.2 Å². The minimum absolute atomic E-state index is 0.0489. The average Bonchev–Trinajstić information content (AvgIpc) is 2.77. The first-order chi connectivity index (χ1) is 14.0. The van der Waals surface area contributed by atoms with Crippen molar-refractivity contribution < 1.29 is 14.5 Å². The van der Waals surface area contributed by atoms with E-state index in [9.17, 15) is 14.9 Å². The summed E-state index contributed by atoms with van der Waals surface area (Å²) in [6, 6.07) is 14.6. The Bertz CT molecular complexity index is 845. The van der Waals surface area contributed by atoms with Gasteiger partial charge in [-0.2, -0.15) is 0 Å². The Labute approximate surface area is 171 Å². The molecule has 2 aromatic carbocycles. The first-order valence-corrected chi connectivity index (χ1v) is 9.93. The van der Waals surface area contributed by atoms with Crippen LogP contribution in [0.1, 0.15) is 25.3 Å². The first kappa shape index (κ1) is 20.6. The van der Waals surface area contributed by atoms with Crippen molar-refractivity contribution in [3.8, 4) is 5.75 Å². The molecule has 1 aliphatic rings. The maximum Gasteiger partial charge on any atom is 0.292 e. The topological polar surface area (TPSA) is 75.9 Å². The van der Waals surface area contributed by atoms with Crippen molar-refractivity contribution >= 4 is 17.3 Å². The largest absolute Gasteiger partial charge is 0.497 e. The third-order valence-corrected chi connectivity index (χ3v) is 5.49. The van der Waals surface area contributed by atoms with E-state index in [1.807, 2.05) is 47.1 Å². The van der Waals surface area contributed by atoms with E-state index in [1.54, 1.807) is 19.2 Å². The lowest BCUT2D eigenvalue weighted by molar-refractivity contribution is -0.384. The van der Waals surface area contributed by atoms with E-state index in [0.29, 0.717) is 44.7 Å². The van der Waals surface area contributed by atoms with Crippen molar-refractivity contribution in [2.45, 2.75) is 26.3 Å². The minimum Gasteiger partial charge on any atom is -0.497 e. The number of carbonyl (C=O) groups is 1. The number of carbonyl (C=O) groups excluding carboxylic acids is 1. The van der Waals surface area contributed by atoms with Crippen LogP contribution in [-0.2, 0) is 11.3 Å². The minimum atomic E-state index is -0.347. The maximum atomic E-state index is 13.0. The highest BCUT2D eigenvalue weighted by molar-refractivity contribution is 5.79. The van der Waals surface area contributed by atoms with Gasteiger partial charge in [-0.3, -0.25) is 14.9 Å². The molecule has 0 aliphatic carbocycles. The maximum absolute atomic E-state index is 13.0. The lowest BCUT2D eigenvalue weighted by Crippen LogP contribution is -2.42. The van der Waals surface area contributed by atoms with Gasteiger partial charge in [0.2, 0.25) is 5.91 Å². The molecule has 0 N–H and O–H groups in total. The summed E-state index contributed by atoms with van der Waals surface area (Å²) in [5.41, 5.74) is 1.82. The van der Waals surface area contributed by atoms with Crippen LogP contribution in [0.25, 0.3) is 0 Å². The molecule has 7 nitrogen and oxygen atoms in total. The van der Waals surface area contributed by atoms with Crippen LogP contribution in [0.15, 0.2) is 48.5 Å². The number of hydrogen-bond acceptors (Lipinski definition) is 5. The molecule has 1 amide bonds. The van der Waals surface area contributed by atoms with Crippen molar-refractivity contribution in [1.29, 1.82) is 0 Å². The number of nitro groups is 1. The summed E-state index contributed by atoms with van der Waals surface area (Å²) in [5.74, 6) is 0.906. The molecule has 1 fully saturated rings. The van der Waals surface area contributed by atoms with Gasteiger partial charge in [0.05, 0.1) is 12.0 Å². The summed E-state index contributed by atoms with van der Waals surface area (Å²) in [6.07, 6.45) is 1.40. The number of methoxy groups -OCH3 is 1. The Morgan fingerprint density at radius 3 is 2.41 bits per heavy atom. The zero-order valence-corrected chi connectivity index (χ0v) is 16.9. The quantitative estimate of drug-likeness (QED) is 0.524. The van der Waals surface area contributed by atoms with Crippen LogP contribution in [0, 0.1) is 16.0 Å². The average molecular weight is 397 g/mol. The van der Waals surface area contributed by atoms with Gasteiger partial charge in [0.1, 0.15) is 11.4 Å². The smallest absolute Gasteiger partial charge is 0.292 e. The molecule has 1 aliphatic heterocycles. The molecule has 0 bridgehead atoms. The standard InChI is InChI=1S/C22H27N3O4/c1-3-23(16-17-8-10-19(29-2)11-9-17)22(26)18-12-14-24(15-13-18)20-6-4-5-7-21(20)25(27)28/h4-11,18H,3,12-16H2,1-2H3. The number of piperidine rings is 1. The van der Waals surface area contributed by atoms with E-state index < -0.39 is 0 Å². The number of nitrogens with zero attached hydrogens (tertiary/aromatic N) is 3. The number of anilines is 1. The van der Waals surface area contributed by atoms with Gasteiger partial charge >= 0.3 is 0 Å². The number of rotatable bonds is 7. The van der Waals surface area contributed by atoms with Crippen LogP contribution in [0.2, 0.25) is 0 Å². The molecule has 7 heteroatoms. The van der Waals surface area contributed by atoms with Gasteiger partial charge in [0.25, 0.3) is 5.69 Å². The van der Waals surface area contributed by atoms with Gasteiger partial charge in [-0.15, -0.1) is 0 Å². The van der Waals surface area contributed by atoms with E-state index in [0.717, 1.165) is 11.3 Å². The summed E-state index contributed by atoms with van der Waals surface area (Å²) in [5, 5.41) is 11.3. The van der Waals surface area contributed by atoms with Crippen molar-refractivity contribution in [1.82, 2.24) is 4.90 Å². The number of amides is 1. The molecule has 0 atom stereocenters. The highest BCUT2D eigenvalue weighted by atomic mass is 16.6. The highest BCUT2D eigenvalue weighted by Gasteiger charge is 2.30. The van der Waals surface area contributed by atoms with Crippen LogP contribution in [0.3, 0.4) is 0 Å².